The van der Waals surface area contributed by atoms with E-state index in [1.165, 1.54) is 0 Å². The van der Waals surface area contributed by atoms with Crippen LogP contribution < -0.4 is 5.32 Å². The van der Waals surface area contributed by atoms with E-state index >= 15 is 0 Å². The van der Waals surface area contributed by atoms with Gasteiger partial charge in [0.25, 0.3) is 0 Å². The molecule has 3 unspecified atom stereocenters. The highest BCUT2D eigenvalue weighted by atomic mass is 16.4. The number of anilines is 1. The molecule has 0 aliphatic heterocycles. The SMILES string of the molecule is Cc1ccc(NC(=O)CC2CC(C(=O)O)CC2C)cc1. The summed E-state index contributed by atoms with van der Waals surface area (Å²) in [7, 11) is 0. The molecule has 3 atom stereocenters. The smallest absolute Gasteiger partial charge is 0.306 e. The Balaban J connectivity index is 1.88. The number of aliphatic carboxylic acids is 1. The van der Waals surface area contributed by atoms with E-state index in [-0.39, 0.29) is 17.7 Å². The average Bonchev–Trinajstić information content (AvgIpc) is 2.74. The maximum atomic E-state index is 12.0. The maximum Gasteiger partial charge on any atom is 0.306 e. The number of nitrogens with one attached hydrogen (secondary N) is 1. The third-order valence-electron chi connectivity index (χ3n) is 4.18. The second-order valence-corrected chi connectivity index (χ2v) is 5.86. The summed E-state index contributed by atoms with van der Waals surface area (Å²) in [4.78, 5) is 23.0. The molecule has 108 valence electrons. The number of rotatable bonds is 4. The molecule has 4 heteroatoms. The molecule has 1 aromatic rings. The van der Waals surface area contributed by atoms with Gasteiger partial charge in [0.2, 0.25) is 5.91 Å². The molecule has 20 heavy (non-hydrogen) atoms. The maximum absolute atomic E-state index is 12.0. The molecular formula is C16H21NO3. The van der Waals surface area contributed by atoms with Gasteiger partial charge in [0.05, 0.1) is 5.92 Å². The number of carbonyl (C=O) groups excluding carboxylic acids is 1. The summed E-state index contributed by atoms with van der Waals surface area (Å²) in [5.74, 6) is -0.598. The second kappa shape index (κ2) is 6.07. The molecule has 0 aromatic heterocycles. The number of carboxylic acids is 1. The third-order valence-corrected chi connectivity index (χ3v) is 4.18. The van der Waals surface area contributed by atoms with Crippen molar-refractivity contribution in [2.75, 3.05) is 5.32 Å². The molecule has 1 amide bonds. The van der Waals surface area contributed by atoms with Crippen molar-refractivity contribution in [2.45, 2.75) is 33.1 Å². The average molecular weight is 275 g/mol. The van der Waals surface area contributed by atoms with E-state index in [4.69, 9.17) is 5.11 Å². The van der Waals surface area contributed by atoms with E-state index in [0.29, 0.717) is 25.2 Å². The third kappa shape index (κ3) is 3.59. The van der Waals surface area contributed by atoms with Crippen molar-refractivity contribution < 1.29 is 14.7 Å². The molecule has 1 saturated carbocycles. The minimum Gasteiger partial charge on any atom is -0.481 e. The lowest BCUT2D eigenvalue weighted by molar-refractivity contribution is -0.141. The van der Waals surface area contributed by atoms with Gasteiger partial charge in [-0.2, -0.15) is 0 Å². The van der Waals surface area contributed by atoms with E-state index in [0.717, 1.165) is 11.3 Å². The van der Waals surface area contributed by atoms with Crippen LogP contribution >= 0.6 is 0 Å². The number of carboxylic acid groups (broad SMARTS) is 1. The highest BCUT2D eigenvalue weighted by Gasteiger charge is 2.36. The van der Waals surface area contributed by atoms with E-state index in [2.05, 4.69) is 5.32 Å². The van der Waals surface area contributed by atoms with Gasteiger partial charge in [0.1, 0.15) is 0 Å². The van der Waals surface area contributed by atoms with Gasteiger partial charge in [0.15, 0.2) is 0 Å². The van der Waals surface area contributed by atoms with E-state index < -0.39 is 5.97 Å². The Morgan fingerprint density at radius 3 is 2.45 bits per heavy atom. The molecule has 1 fully saturated rings. The summed E-state index contributed by atoms with van der Waals surface area (Å²) >= 11 is 0. The first-order valence-electron chi connectivity index (χ1n) is 7.05. The monoisotopic (exact) mass is 275 g/mol. The van der Waals surface area contributed by atoms with Gasteiger partial charge in [-0.3, -0.25) is 9.59 Å². The first kappa shape index (κ1) is 14.6. The van der Waals surface area contributed by atoms with Crippen LogP contribution in [0.3, 0.4) is 0 Å². The van der Waals surface area contributed by atoms with Gasteiger partial charge >= 0.3 is 5.97 Å². The highest BCUT2D eigenvalue weighted by Crippen LogP contribution is 2.38. The summed E-state index contributed by atoms with van der Waals surface area (Å²) in [6.07, 6.45) is 1.69. The van der Waals surface area contributed by atoms with E-state index in [9.17, 15) is 9.59 Å². The molecule has 2 N–H and O–H groups in total. The van der Waals surface area contributed by atoms with E-state index in [1.54, 1.807) is 0 Å². The van der Waals surface area contributed by atoms with Crippen LogP contribution in [0.1, 0.15) is 31.7 Å². The van der Waals surface area contributed by atoms with Crippen molar-refractivity contribution in [3.05, 3.63) is 29.8 Å². The molecule has 2 rings (SSSR count). The van der Waals surface area contributed by atoms with Crippen LogP contribution in [0.15, 0.2) is 24.3 Å². The van der Waals surface area contributed by atoms with Gasteiger partial charge in [-0.05, 0) is 43.7 Å². The van der Waals surface area contributed by atoms with Crippen molar-refractivity contribution in [3.8, 4) is 0 Å². The Morgan fingerprint density at radius 1 is 1.25 bits per heavy atom. The largest absolute Gasteiger partial charge is 0.481 e. The number of hydrogen-bond acceptors (Lipinski definition) is 2. The minimum absolute atomic E-state index is 0.0308. The summed E-state index contributed by atoms with van der Waals surface area (Å²) in [5.41, 5.74) is 1.94. The fraction of sp³-hybridized carbons (Fsp3) is 0.500. The Labute approximate surface area is 119 Å². The van der Waals surface area contributed by atoms with Gasteiger partial charge in [-0.25, -0.2) is 0 Å². The number of benzene rings is 1. The molecule has 0 heterocycles. The molecule has 1 aromatic carbocycles. The zero-order valence-corrected chi connectivity index (χ0v) is 11.9. The molecule has 4 nitrogen and oxygen atoms in total. The van der Waals surface area contributed by atoms with Crippen molar-refractivity contribution in [1.29, 1.82) is 0 Å². The van der Waals surface area contributed by atoms with Gasteiger partial charge < -0.3 is 10.4 Å². The predicted molar refractivity (Wildman–Crippen MR) is 77.4 cm³/mol. The van der Waals surface area contributed by atoms with Gasteiger partial charge in [0, 0.05) is 12.1 Å². The summed E-state index contributed by atoms with van der Waals surface area (Å²) < 4.78 is 0. The lowest BCUT2D eigenvalue weighted by Crippen LogP contribution is -2.18. The van der Waals surface area contributed by atoms with Crippen LogP contribution in [0.4, 0.5) is 5.69 Å². The summed E-state index contributed by atoms with van der Waals surface area (Å²) in [6.45, 7) is 4.03. The standard InChI is InChI=1S/C16H21NO3/c1-10-3-5-14(6-4-10)17-15(18)9-12-8-13(16(19)20)7-11(12)2/h3-6,11-13H,7-9H2,1-2H3,(H,17,18)(H,19,20). The normalized spacial score (nSPS) is 25.4. The molecular weight excluding hydrogens is 254 g/mol. The zero-order valence-electron chi connectivity index (χ0n) is 11.9. The Bertz CT molecular complexity index is 495. The molecule has 0 bridgehead atoms. The second-order valence-electron chi connectivity index (χ2n) is 5.86. The highest BCUT2D eigenvalue weighted by molar-refractivity contribution is 5.90. The Hall–Kier alpha value is -1.84. The number of amides is 1. The van der Waals surface area contributed by atoms with Crippen LogP contribution in [-0.4, -0.2) is 17.0 Å². The van der Waals surface area contributed by atoms with Crippen LogP contribution in [0.2, 0.25) is 0 Å². The van der Waals surface area contributed by atoms with Crippen molar-refractivity contribution >= 4 is 17.6 Å². The lowest BCUT2D eigenvalue weighted by atomic mass is 9.94. The molecule has 1 aliphatic rings. The minimum atomic E-state index is -0.738. The molecule has 1 aliphatic carbocycles. The number of carbonyl (C=O) groups is 2. The first-order valence-corrected chi connectivity index (χ1v) is 7.05. The fourth-order valence-corrected chi connectivity index (χ4v) is 2.91. The Morgan fingerprint density at radius 2 is 1.90 bits per heavy atom. The fourth-order valence-electron chi connectivity index (χ4n) is 2.91. The van der Waals surface area contributed by atoms with Crippen LogP contribution in [0, 0.1) is 24.7 Å². The summed E-state index contributed by atoms with van der Waals surface area (Å²) in [6, 6.07) is 7.67. The molecule has 0 radical (unpaired) electrons. The lowest BCUT2D eigenvalue weighted by Gasteiger charge is -2.14. The molecule has 0 saturated heterocycles. The van der Waals surface area contributed by atoms with Crippen LogP contribution in [-0.2, 0) is 9.59 Å². The Kier molecular flexibility index (Phi) is 4.42. The van der Waals surface area contributed by atoms with Crippen LogP contribution in [0.5, 0.6) is 0 Å². The van der Waals surface area contributed by atoms with Gasteiger partial charge in [-0.15, -0.1) is 0 Å². The zero-order chi connectivity index (χ0) is 14.7. The van der Waals surface area contributed by atoms with Crippen molar-refractivity contribution in [1.82, 2.24) is 0 Å². The number of hydrogen-bond donors (Lipinski definition) is 2. The van der Waals surface area contributed by atoms with Gasteiger partial charge in [-0.1, -0.05) is 24.6 Å². The topological polar surface area (TPSA) is 66.4 Å². The van der Waals surface area contributed by atoms with Crippen LogP contribution in [0.25, 0.3) is 0 Å². The predicted octanol–water partition coefficient (Wildman–Crippen LogP) is 3.07. The summed E-state index contributed by atoms with van der Waals surface area (Å²) in [5, 5.41) is 11.9. The molecule has 0 spiro atoms. The van der Waals surface area contributed by atoms with E-state index in [1.807, 2.05) is 38.1 Å². The van der Waals surface area contributed by atoms with Crippen molar-refractivity contribution in [2.24, 2.45) is 17.8 Å². The van der Waals surface area contributed by atoms with Crippen molar-refractivity contribution in [3.63, 3.8) is 0 Å². The quantitative estimate of drug-likeness (QED) is 0.887. The first-order chi connectivity index (χ1) is 9.45. The number of aryl methyl sites for hydroxylation is 1.